The number of morpholine rings is 1. The lowest BCUT2D eigenvalue weighted by atomic mass is 10.2. The highest BCUT2D eigenvalue weighted by atomic mass is 19.1. The van der Waals surface area contributed by atoms with Gasteiger partial charge in [0.1, 0.15) is 11.6 Å². The van der Waals surface area contributed by atoms with Crippen molar-refractivity contribution >= 4 is 22.7 Å². The number of nitrogens with one attached hydrogen (secondary N) is 2. The van der Waals surface area contributed by atoms with Crippen LogP contribution in [0.25, 0.3) is 16.9 Å². The Bertz CT molecular complexity index is 1270. The van der Waals surface area contributed by atoms with Gasteiger partial charge in [0.2, 0.25) is 0 Å². The number of aromatic amines is 1. The van der Waals surface area contributed by atoms with E-state index in [9.17, 15) is 13.6 Å². The Kier molecular flexibility index (Phi) is 4.87. The lowest BCUT2D eigenvalue weighted by Gasteiger charge is -2.28. The van der Waals surface area contributed by atoms with Gasteiger partial charge in [0.05, 0.1) is 18.8 Å². The second-order valence-electron chi connectivity index (χ2n) is 7.16. The first-order valence-corrected chi connectivity index (χ1v) is 9.86. The first kappa shape index (κ1) is 19.3. The molecule has 2 N–H and O–H groups in total. The molecular formula is C22H19F2N5O2. The number of ether oxygens (including phenoxy) is 1. The van der Waals surface area contributed by atoms with Crippen molar-refractivity contribution in [3.63, 3.8) is 0 Å². The highest BCUT2D eigenvalue weighted by Crippen LogP contribution is 2.30. The van der Waals surface area contributed by atoms with Gasteiger partial charge in [0.25, 0.3) is 5.56 Å². The predicted octanol–water partition coefficient (Wildman–Crippen LogP) is 3.55. The van der Waals surface area contributed by atoms with Gasteiger partial charge in [0, 0.05) is 36.9 Å². The molecule has 158 valence electrons. The number of aromatic nitrogens is 3. The van der Waals surface area contributed by atoms with Gasteiger partial charge in [0.15, 0.2) is 17.2 Å². The van der Waals surface area contributed by atoms with Crippen LogP contribution in [0, 0.1) is 11.6 Å². The second kappa shape index (κ2) is 7.84. The molecule has 4 aromatic rings. The van der Waals surface area contributed by atoms with E-state index in [1.807, 2.05) is 24.3 Å². The SMILES string of the molecule is O=c1[nH]ccn2c(-c3c(F)cccc3F)nc(Nc3ccc(N4CCOCC4)cc3)c12. The average molecular weight is 423 g/mol. The van der Waals surface area contributed by atoms with Crippen LogP contribution in [0.2, 0.25) is 0 Å². The van der Waals surface area contributed by atoms with Gasteiger partial charge in [-0.05, 0) is 36.4 Å². The number of rotatable bonds is 4. The van der Waals surface area contributed by atoms with Gasteiger partial charge < -0.3 is 19.9 Å². The number of imidazole rings is 1. The fraction of sp³-hybridized carbons (Fsp3) is 0.182. The zero-order valence-electron chi connectivity index (χ0n) is 16.4. The van der Waals surface area contributed by atoms with Crippen molar-refractivity contribution in [2.24, 2.45) is 0 Å². The molecule has 1 fully saturated rings. The Morgan fingerprint density at radius 2 is 1.74 bits per heavy atom. The van der Waals surface area contributed by atoms with Crippen LogP contribution in [0.4, 0.5) is 26.0 Å². The Labute approximate surface area is 175 Å². The van der Waals surface area contributed by atoms with Gasteiger partial charge in [-0.1, -0.05) is 6.07 Å². The Hall–Kier alpha value is -3.72. The largest absolute Gasteiger partial charge is 0.378 e. The highest BCUT2D eigenvalue weighted by molar-refractivity contribution is 5.78. The molecular weight excluding hydrogens is 404 g/mol. The summed E-state index contributed by atoms with van der Waals surface area (Å²) in [5.74, 6) is -1.30. The minimum atomic E-state index is -0.756. The first-order chi connectivity index (χ1) is 15.1. The first-order valence-electron chi connectivity index (χ1n) is 9.86. The summed E-state index contributed by atoms with van der Waals surface area (Å²) in [6, 6.07) is 11.3. The number of halogens is 2. The summed E-state index contributed by atoms with van der Waals surface area (Å²) in [5, 5.41) is 3.11. The van der Waals surface area contributed by atoms with Crippen molar-refractivity contribution in [3.05, 3.63) is 76.8 Å². The summed E-state index contributed by atoms with van der Waals surface area (Å²) in [7, 11) is 0. The average Bonchev–Trinajstić information content (AvgIpc) is 3.14. The Balaban J connectivity index is 1.54. The summed E-state index contributed by atoms with van der Waals surface area (Å²) < 4.78 is 35.6. The van der Waals surface area contributed by atoms with E-state index >= 15 is 0 Å². The van der Waals surface area contributed by atoms with E-state index in [1.165, 1.54) is 22.9 Å². The fourth-order valence-electron chi connectivity index (χ4n) is 3.74. The molecule has 3 heterocycles. The molecule has 1 aliphatic heterocycles. The van der Waals surface area contributed by atoms with Crippen LogP contribution in [-0.4, -0.2) is 40.7 Å². The van der Waals surface area contributed by atoms with E-state index in [4.69, 9.17) is 4.74 Å². The molecule has 7 nitrogen and oxygen atoms in total. The van der Waals surface area contributed by atoms with Crippen LogP contribution in [0.5, 0.6) is 0 Å². The molecule has 0 spiro atoms. The van der Waals surface area contributed by atoms with Gasteiger partial charge >= 0.3 is 0 Å². The quantitative estimate of drug-likeness (QED) is 0.525. The van der Waals surface area contributed by atoms with Crippen molar-refractivity contribution < 1.29 is 13.5 Å². The summed E-state index contributed by atoms with van der Waals surface area (Å²) in [6.45, 7) is 3.04. The Morgan fingerprint density at radius 1 is 1.03 bits per heavy atom. The maximum atomic E-state index is 14.4. The van der Waals surface area contributed by atoms with Gasteiger partial charge in [-0.25, -0.2) is 13.8 Å². The molecule has 0 unspecified atom stereocenters. The van der Waals surface area contributed by atoms with Crippen LogP contribution in [0.1, 0.15) is 0 Å². The van der Waals surface area contributed by atoms with Gasteiger partial charge in [-0.15, -0.1) is 0 Å². The molecule has 1 aliphatic rings. The van der Waals surface area contributed by atoms with Gasteiger partial charge in [-0.2, -0.15) is 0 Å². The molecule has 2 aromatic carbocycles. The zero-order chi connectivity index (χ0) is 21.4. The molecule has 2 aromatic heterocycles. The van der Waals surface area contributed by atoms with E-state index in [2.05, 4.69) is 20.2 Å². The number of anilines is 3. The molecule has 0 amide bonds. The van der Waals surface area contributed by atoms with Crippen molar-refractivity contribution in [1.29, 1.82) is 0 Å². The number of hydrogen-bond donors (Lipinski definition) is 2. The summed E-state index contributed by atoms with van der Waals surface area (Å²) in [6.07, 6.45) is 2.91. The normalized spacial score (nSPS) is 14.2. The fourth-order valence-corrected chi connectivity index (χ4v) is 3.74. The summed E-state index contributed by atoms with van der Waals surface area (Å²) in [4.78, 5) is 21.7. The highest BCUT2D eigenvalue weighted by Gasteiger charge is 2.21. The maximum absolute atomic E-state index is 14.4. The third-order valence-electron chi connectivity index (χ3n) is 5.26. The van der Waals surface area contributed by atoms with E-state index < -0.39 is 17.2 Å². The molecule has 5 rings (SSSR count). The molecule has 9 heteroatoms. The summed E-state index contributed by atoms with van der Waals surface area (Å²) in [5.41, 5.74) is 1.21. The van der Waals surface area contributed by atoms with Crippen LogP contribution in [0.3, 0.4) is 0 Å². The summed E-state index contributed by atoms with van der Waals surface area (Å²) >= 11 is 0. The van der Waals surface area contributed by atoms with Crippen molar-refractivity contribution in [2.75, 3.05) is 36.5 Å². The topological polar surface area (TPSA) is 74.7 Å². The van der Waals surface area contributed by atoms with Crippen molar-refractivity contribution in [3.8, 4) is 11.4 Å². The molecule has 31 heavy (non-hydrogen) atoms. The second-order valence-corrected chi connectivity index (χ2v) is 7.16. The number of H-pyrrole nitrogens is 1. The van der Waals surface area contributed by atoms with Crippen LogP contribution in [0.15, 0.2) is 59.7 Å². The standard InChI is InChI=1S/C22H19F2N5O2/c23-16-2-1-3-17(24)18(16)21-27-20(19-22(30)25-8-9-29(19)21)26-14-4-6-15(7-5-14)28-10-12-31-13-11-28/h1-9,26H,10-13H2,(H,25,30). The van der Waals surface area contributed by atoms with Crippen molar-refractivity contribution in [1.82, 2.24) is 14.4 Å². The van der Waals surface area contributed by atoms with E-state index in [1.54, 1.807) is 0 Å². The smallest absolute Gasteiger partial charge is 0.276 e. The molecule has 0 radical (unpaired) electrons. The van der Waals surface area contributed by atoms with E-state index in [0.717, 1.165) is 30.9 Å². The number of benzene rings is 2. The van der Waals surface area contributed by atoms with Crippen molar-refractivity contribution in [2.45, 2.75) is 0 Å². The number of fused-ring (bicyclic) bond motifs is 1. The minimum Gasteiger partial charge on any atom is -0.378 e. The number of nitrogens with zero attached hydrogens (tertiary/aromatic N) is 3. The Morgan fingerprint density at radius 3 is 2.45 bits per heavy atom. The van der Waals surface area contributed by atoms with Gasteiger partial charge in [-0.3, -0.25) is 9.20 Å². The molecule has 0 atom stereocenters. The predicted molar refractivity (Wildman–Crippen MR) is 114 cm³/mol. The third kappa shape index (κ3) is 3.53. The third-order valence-corrected chi connectivity index (χ3v) is 5.26. The minimum absolute atomic E-state index is 0.00383. The van der Waals surface area contributed by atoms with Crippen LogP contribution in [-0.2, 0) is 4.74 Å². The maximum Gasteiger partial charge on any atom is 0.276 e. The van der Waals surface area contributed by atoms with E-state index in [0.29, 0.717) is 18.9 Å². The zero-order valence-corrected chi connectivity index (χ0v) is 16.4. The van der Waals surface area contributed by atoms with Crippen LogP contribution < -0.4 is 15.8 Å². The molecule has 0 saturated carbocycles. The molecule has 1 saturated heterocycles. The molecule has 0 bridgehead atoms. The lowest BCUT2D eigenvalue weighted by molar-refractivity contribution is 0.122. The molecule has 0 aliphatic carbocycles. The van der Waals surface area contributed by atoms with Crippen LogP contribution >= 0.6 is 0 Å². The lowest BCUT2D eigenvalue weighted by Crippen LogP contribution is -2.36. The monoisotopic (exact) mass is 423 g/mol. The number of hydrogen-bond acceptors (Lipinski definition) is 5. The van der Waals surface area contributed by atoms with E-state index in [-0.39, 0.29) is 22.7 Å².